The van der Waals surface area contributed by atoms with Gasteiger partial charge in [0.15, 0.2) is 0 Å². The highest BCUT2D eigenvalue weighted by atomic mass is 14.9. The van der Waals surface area contributed by atoms with Crippen LogP contribution in [0.1, 0.15) is 38.9 Å². The number of rotatable bonds is 2. The highest BCUT2D eigenvalue weighted by Crippen LogP contribution is 2.33. The van der Waals surface area contributed by atoms with Gasteiger partial charge in [-0.15, -0.1) is 0 Å². The summed E-state index contributed by atoms with van der Waals surface area (Å²) in [7, 11) is 0. The average molecular weight is 267 g/mol. The van der Waals surface area contributed by atoms with Crippen LogP contribution < -0.4 is 5.32 Å². The normalized spacial score (nSPS) is 10.8. The second-order valence-electron chi connectivity index (χ2n) is 5.94. The van der Waals surface area contributed by atoms with E-state index in [2.05, 4.69) is 72.0 Å². The molecular weight excluding hydrogens is 242 g/mol. The van der Waals surface area contributed by atoms with E-state index in [-0.39, 0.29) is 0 Å². The molecule has 1 N–H and O–H groups in total. The molecule has 0 fully saturated rings. The van der Waals surface area contributed by atoms with Gasteiger partial charge in [0, 0.05) is 11.4 Å². The fraction of sp³-hybridized carbons (Fsp3) is 0.368. The first-order valence-electron chi connectivity index (χ1n) is 7.24. The Bertz CT molecular complexity index is 637. The third kappa shape index (κ3) is 2.45. The molecule has 0 aliphatic heterocycles. The van der Waals surface area contributed by atoms with Crippen LogP contribution >= 0.6 is 0 Å². The van der Waals surface area contributed by atoms with Crippen molar-refractivity contribution in [3.63, 3.8) is 0 Å². The number of nitrogens with one attached hydrogen (secondary N) is 1. The van der Waals surface area contributed by atoms with Crippen molar-refractivity contribution in [1.82, 2.24) is 0 Å². The summed E-state index contributed by atoms with van der Waals surface area (Å²) in [5.74, 6) is 0. The third-order valence-electron chi connectivity index (χ3n) is 4.65. The van der Waals surface area contributed by atoms with Gasteiger partial charge < -0.3 is 5.32 Å². The molecule has 0 aliphatic carbocycles. The van der Waals surface area contributed by atoms with Crippen LogP contribution in [-0.4, -0.2) is 0 Å². The van der Waals surface area contributed by atoms with Gasteiger partial charge in [0.05, 0.1) is 0 Å². The largest absolute Gasteiger partial charge is 0.355 e. The lowest BCUT2D eigenvalue weighted by molar-refractivity contribution is 1.17. The van der Waals surface area contributed by atoms with E-state index in [1.54, 1.807) is 0 Å². The van der Waals surface area contributed by atoms with Gasteiger partial charge in [0.25, 0.3) is 0 Å². The van der Waals surface area contributed by atoms with E-state index in [0.29, 0.717) is 0 Å². The summed E-state index contributed by atoms with van der Waals surface area (Å²) in [5, 5.41) is 3.66. The van der Waals surface area contributed by atoms with Gasteiger partial charge in [-0.1, -0.05) is 12.1 Å². The van der Waals surface area contributed by atoms with E-state index >= 15 is 0 Å². The molecule has 2 aromatic rings. The molecule has 0 radical (unpaired) electrons. The van der Waals surface area contributed by atoms with E-state index in [1.165, 1.54) is 50.3 Å². The van der Waals surface area contributed by atoms with Crippen molar-refractivity contribution >= 4 is 11.4 Å². The number of hydrogen-bond donors (Lipinski definition) is 1. The van der Waals surface area contributed by atoms with E-state index in [1.807, 2.05) is 0 Å². The van der Waals surface area contributed by atoms with Crippen molar-refractivity contribution in [2.75, 3.05) is 5.32 Å². The quantitative estimate of drug-likeness (QED) is 0.748. The maximum Gasteiger partial charge on any atom is 0.0449 e. The molecule has 1 heteroatoms. The molecule has 0 amide bonds. The third-order valence-corrected chi connectivity index (χ3v) is 4.65. The fourth-order valence-electron chi connectivity index (χ4n) is 2.69. The highest BCUT2D eigenvalue weighted by molar-refractivity contribution is 5.72. The second-order valence-corrected chi connectivity index (χ2v) is 5.94. The smallest absolute Gasteiger partial charge is 0.0449 e. The zero-order chi connectivity index (χ0) is 15.0. The molecule has 0 saturated carbocycles. The van der Waals surface area contributed by atoms with Gasteiger partial charge in [-0.05, 0) is 93.5 Å². The molecule has 20 heavy (non-hydrogen) atoms. The summed E-state index contributed by atoms with van der Waals surface area (Å²) in [6.45, 7) is 15.4. The minimum absolute atomic E-state index is 1.21. The standard InChI is InChI=1S/C19H25N/c1-11-8-9-12(2)18(10-11)20-19-16(6)14(4)13(3)15(5)17(19)7/h8-10,20H,1-7H3. The Morgan fingerprint density at radius 1 is 0.650 bits per heavy atom. The maximum absolute atomic E-state index is 3.66. The van der Waals surface area contributed by atoms with E-state index in [0.717, 1.165) is 0 Å². The summed E-state index contributed by atoms with van der Waals surface area (Å²) in [6.07, 6.45) is 0. The van der Waals surface area contributed by atoms with Gasteiger partial charge in [-0.25, -0.2) is 0 Å². The van der Waals surface area contributed by atoms with E-state index in [9.17, 15) is 0 Å². The van der Waals surface area contributed by atoms with Crippen molar-refractivity contribution in [3.05, 3.63) is 57.1 Å². The Hall–Kier alpha value is -1.76. The SMILES string of the molecule is Cc1ccc(C)c(Nc2c(C)c(C)c(C)c(C)c2C)c1. The number of benzene rings is 2. The number of aryl methyl sites for hydroxylation is 2. The molecule has 0 spiro atoms. The van der Waals surface area contributed by atoms with Crippen molar-refractivity contribution < 1.29 is 0 Å². The molecule has 0 saturated heterocycles. The van der Waals surface area contributed by atoms with Crippen LogP contribution in [0.2, 0.25) is 0 Å². The molecule has 106 valence electrons. The average Bonchev–Trinajstić information content (AvgIpc) is 2.43. The predicted octanol–water partition coefficient (Wildman–Crippen LogP) is 5.59. The Kier molecular flexibility index (Phi) is 3.89. The minimum Gasteiger partial charge on any atom is -0.355 e. The Labute approximate surface area is 123 Å². The molecule has 0 aliphatic rings. The van der Waals surface area contributed by atoms with Gasteiger partial charge in [-0.2, -0.15) is 0 Å². The zero-order valence-corrected chi connectivity index (χ0v) is 13.7. The first-order chi connectivity index (χ1) is 9.32. The van der Waals surface area contributed by atoms with Crippen molar-refractivity contribution in [2.45, 2.75) is 48.5 Å². The summed E-state index contributed by atoms with van der Waals surface area (Å²) < 4.78 is 0. The van der Waals surface area contributed by atoms with Crippen LogP contribution in [0.3, 0.4) is 0 Å². The van der Waals surface area contributed by atoms with Crippen LogP contribution in [0.5, 0.6) is 0 Å². The van der Waals surface area contributed by atoms with Gasteiger partial charge >= 0.3 is 0 Å². The summed E-state index contributed by atoms with van der Waals surface area (Å²) in [6, 6.07) is 6.56. The van der Waals surface area contributed by atoms with Crippen LogP contribution in [0.25, 0.3) is 0 Å². The van der Waals surface area contributed by atoms with Gasteiger partial charge in [0.2, 0.25) is 0 Å². The molecule has 0 atom stereocenters. The lowest BCUT2D eigenvalue weighted by Gasteiger charge is -2.21. The molecule has 2 rings (SSSR count). The van der Waals surface area contributed by atoms with Gasteiger partial charge in [0.1, 0.15) is 0 Å². The Balaban J connectivity index is 2.57. The summed E-state index contributed by atoms with van der Waals surface area (Å²) in [4.78, 5) is 0. The molecule has 0 bridgehead atoms. The van der Waals surface area contributed by atoms with Crippen LogP contribution in [0.4, 0.5) is 11.4 Å². The van der Waals surface area contributed by atoms with Crippen molar-refractivity contribution in [1.29, 1.82) is 0 Å². The lowest BCUT2D eigenvalue weighted by atomic mass is 9.92. The van der Waals surface area contributed by atoms with Gasteiger partial charge in [-0.3, -0.25) is 0 Å². The van der Waals surface area contributed by atoms with Crippen molar-refractivity contribution in [3.8, 4) is 0 Å². The zero-order valence-electron chi connectivity index (χ0n) is 13.7. The molecule has 0 unspecified atom stereocenters. The molecule has 0 aromatic heterocycles. The first kappa shape index (κ1) is 14.6. The highest BCUT2D eigenvalue weighted by Gasteiger charge is 2.12. The van der Waals surface area contributed by atoms with Crippen LogP contribution in [0.15, 0.2) is 18.2 Å². The number of anilines is 2. The topological polar surface area (TPSA) is 12.0 Å². The first-order valence-corrected chi connectivity index (χ1v) is 7.24. The maximum atomic E-state index is 3.66. The predicted molar refractivity (Wildman–Crippen MR) is 89.3 cm³/mol. The lowest BCUT2D eigenvalue weighted by Crippen LogP contribution is -2.04. The minimum atomic E-state index is 1.21. The molecule has 2 aromatic carbocycles. The van der Waals surface area contributed by atoms with Crippen LogP contribution in [0, 0.1) is 48.5 Å². The monoisotopic (exact) mass is 267 g/mol. The fourth-order valence-corrected chi connectivity index (χ4v) is 2.69. The molecule has 1 nitrogen and oxygen atoms in total. The van der Waals surface area contributed by atoms with Crippen LogP contribution in [-0.2, 0) is 0 Å². The summed E-state index contributed by atoms with van der Waals surface area (Å²) >= 11 is 0. The van der Waals surface area contributed by atoms with E-state index in [4.69, 9.17) is 0 Å². The molecular formula is C19H25N. The Morgan fingerprint density at radius 2 is 1.15 bits per heavy atom. The molecule has 0 heterocycles. The number of hydrogen-bond acceptors (Lipinski definition) is 1. The second kappa shape index (κ2) is 5.32. The Morgan fingerprint density at radius 3 is 1.70 bits per heavy atom. The van der Waals surface area contributed by atoms with Crippen molar-refractivity contribution in [2.24, 2.45) is 0 Å². The summed E-state index contributed by atoms with van der Waals surface area (Å²) in [5.41, 5.74) is 11.9. The van der Waals surface area contributed by atoms with E-state index < -0.39 is 0 Å².